The Kier molecular flexibility index (Phi) is 3.04. The van der Waals surface area contributed by atoms with Crippen LogP contribution in [0.4, 0.5) is 0 Å². The van der Waals surface area contributed by atoms with E-state index in [0.29, 0.717) is 0 Å². The molecule has 2 aliphatic rings. The topological polar surface area (TPSA) is 23.4 Å². The lowest BCUT2D eigenvalue weighted by atomic mass is 9.35. The summed E-state index contributed by atoms with van der Waals surface area (Å²) in [6.45, 7) is -0.417. The van der Waals surface area contributed by atoms with Gasteiger partial charge in [0.15, 0.2) is 8.07 Å². The maximum atomic E-state index is 10.5. The maximum absolute atomic E-state index is 10.5. The minimum atomic E-state index is -6.24. The molecule has 3 heterocycles. The molecule has 0 amide bonds. The first-order valence-electron chi connectivity index (χ1n) is 30.8. The number of fused-ring (bicyclic) bond motifs is 7. The summed E-state index contributed by atoms with van der Waals surface area (Å²) < 4.78 is 281. The Bertz CT molecular complexity index is 4330. The molecule has 8 aromatic carbocycles. The molecule has 0 saturated heterocycles. The first kappa shape index (κ1) is 13.7. The van der Waals surface area contributed by atoms with Gasteiger partial charge in [-0.1, -0.05) is 157 Å². The average Bonchev–Trinajstić information content (AvgIpc) is 1.67. The number of aromatic nitrogens is 1. The molecule has 9 aromatic rings. The van der Waals surface area contributed by atoms with Gasteiger partial charge in [0.05, 0.1) is 56.5 Å². The van der Waals surface area contributed by atoms with Crippen molar-refractivity contribution in [3.8, 4) is 28.7 Å². The lowest BCUT2D eigenvalue weighted by Gasteiger charge is -2.34. The summed E-state index contributed by atoms with van der Waals surface area (Å²) in [4.78, 5) is 0. The van der Waals surface area contributed by atoms with Gasteiger partial charge in [-0.15, -0.1) is 0 Å². The minimum Gasteiger partial charge on any atom is -0.458 e. The van der Waals surface area contributed by atoms with Crippen LogP contribution in [0.15, 0.2) is 187 Å². The molecule has 0 spiro atoms. The Morgan fingerprint density at radius 3 is 1.83 bits per heavy atom. The fourth-order valence-electron chi connectivity index (χ4n) is 7.19. The van der Waals surface area contributed by atoms with Crippen LogP contribution in [0.25, 0.3) is 27.5 Å². The highest BCUT2D eigenvalue weighted by molar-refractivity contribution is 7.20. The lowest BCUT2D eigenvalue weighted by molar-refractivity contribution is 0.464. The van der Waals surface area contributed by atoms with E-state index >= 15 is 0 Å². The van der Waals surface area contributed by atoms with Gasteiger partial charge in [0.25, 0.3) is 6.71 Å². The quantitative estimate of drug-likeness (QED) is 0.138. The number of benzene rings is 8. The smallest absolute Gasteiger partial charge is 0.260 e. The van der Waals surface area contributed by atoms with Crippen molar-refractivity contribution in [1.82, 2.24) is 4.57 Å². The predicted molar refractivity (Wildman–Crippen MR) is 227 cm³/mol. The monoisotopic (exact) mass is 736 g/mol. The van der Waals surface area contributed by atoms with Gasteiger partial charge in [-0.05, 0) is 62.8 Å². The van der Waals surface area contributed by atoms with Gasteiger partial charge in [-0.3, -0.25) is 0 Å². The number of hydrogen-bond donors (Lipinski definition) is 0. The van der Waals surface area contributed by atoms with Crippen LogP contribution in [-0.4, -0.2) is 19.4 Å². The third kappa shape index (κ3) is 4.49. The van der Waals surface area contributed by atoms with Gasteiger partial charge in [-0.2, -0.15) is 0 Å². The molecule has 0 fully saturated rings. The standard InChI is InChI=1S/C49H34BNO2Si/c1-33-15-14-20-37(29-33)54(35-16-4-2-5-17-35,36-18-6-3-7-19-36)38-27-28-44-40(32-38)39-21-8-11-24-43(39)51(44)34-30-47-49-48(31-34)53-46-26-13-10-23-42(46)50(49)41-22-9-12-25-45(41)52-47/h2-32H,1H3/i2D,3D,4D,5D,6D,7D,8D,9D,10D,11D,12D,13D,14D,15D,16D,17D,18D,19D,20D,21D,22D,23D,25D,26D,27D,28D,29D,30D,32D. The van der Waals surface area contributed by atoms with Crippen molar-refractivity contribution in [1.29, 1.82) is 0 Å². The zero-order valence-corrected chi connectivity index (χ0v) is 28.5. The van der Waals surface area contributed by atoms with Crippen LogP contribution in [-0.2, 0) is 0 Å². The molecule has 1 aromatic heterocycles. The Labute approximate surface area is 356 Å². The van der Waals surface area contributed by atoms with E-state index in [1.165, 1.54) is 0 Å². The summed E-state index contributed by atoms with van der Waals surface area (Å²) in [5, 5.41) is -5.18. The molecule has 5 heteroatoms. The average molecular weight is 737 g/mol. The second-order valence-electron chi connectivity index (χ2n) is 12.2. The van der Waals surface area contributed by atoms with E-state index in [4.69, 9.17) is 34.1 Å². The van der Waals surface area contributed by atoms with Crippen molar-refractivity contribution < 1.29 is 49.2 Å². The molecular weight excluding hydrogens is 673 g/mol. The van der Waals surface area contributed by atoms with Crippen molar-refractivity contribution in [2.24, 2.45) is 0 Å². The molecular formula is C49H34BNO2Si. The van der Waals surface area contributed by atoms with Crippen LogP contribution in [0.2, 0.25) is 0 Å². The van der Waals surface area contributed by atoms with E-state index in [1.54, 1.807) is 0 Å². The number of ether oxygens (including phenoxy) is 2. The predicted octanol–water partition coefficient (Wildman–Crippen LogP) is 7.20. The number of nitrogens with zero attached hydrogens (tertiary/aromatic N) is 1. The Morgan fingerprint density at radius 1 is 0.500 bits per heavy atom. The third-order valence-corrected chi connectivity index (χ3v) is 13.4. The highest BCUT2D eigenvalue weighted by Crippen LogP contribution is 2.39. The number of hydrogen-bond acceptors (Lipinski definition) is 2. The largest absolute Gasteiger partial charge is 0.458 e. The molecule has 0 N–H and O–H groups in total. The molecule has 3 nitrogen and oxygen atoms in total. The van der Waals surface area contributed by atoms with Crippen LogP contribution < -0.4 is 46.6 Å². The van der Waals surface area contributed by atoms with E-state index < -0.39 is 261 Å². The van der Waals surface area contributed by atoms with E-state index in [0.717, 1.165) is 23.6 Å². The summed E-state index contributed by atoms with van der Waals surface area (Å²) in [5.74, 6) is -2.03. The molecule has 54 heavy (non-hydrogen) atoms. The Balaban J connectivity index is 1.40. The lowest BCUT2D eigenvalue weighted by Crippen LogP contribution is -2.74. The molecule has 0 aliphatic carbocycles. The Morgan fingerprint density at radius 2 is 1.11 bits per heavy atom. The third-order valence-electron chi connectivity index (χ3n) is 9.39. The van der Waals surface area contributed by atoms with Crippen molar-refractivity contribution >= 4 is 73.7 Å². The normalized spacial score (nSPS) is 20.3. The van der Waals surface area contributed by atoms with Gasteiger partial charge in [0.1, 0.15) is 23.0 Å². The van der Waals surface area contributed by atoms with E-state index in [2.05, 4.69) is 0 Å². The number of rotatable bonds is 5. The molecule has 0 saturated carbocycles. The van der Waals surface area contributed by atoms with Gasteiger partial charge in [0.2, 0.25) is 0 Å². The zero-order valence-electron chi connectivity index (χ0n) is 56.5. The summed E-state index contributed by atoms with van der Waals surface area (Å²) in [7, 11) is -6.24. The molecule has 0 atom stereocenters. The summed E-state index contributed by atoms with van der Waals surface area (Å²) in [5.41, 5.74) is -2.75. The summed E-state index contributed by atoms with van der Waals surface area (Å²) in [6, 6.07) is -25.5. The van der Waals surface area contributed by atoms with Crippen LogP contribution in [0.5, 0.6) is 23.0 Å². The highest BCUT2D eigenvalue weighted by Gasteiger charge is 2.43. The minimum absolute atomic E-state index is 0.186. The molecule has 0 unspecified atom stereocenters. The first-order valence-corrected chi connectivity index (χ1v) is 18.3. The van der Waals surface area contributed by atoms with Crippen molar-refractivity contribution in [3.05, 3.63) is 193 Å². The Hall–Kier alpha value is -6.56. The number of para-hydroxylation sites is 3. The molecule has 2 aliphatic heterocycles. The van der Waals surface area contributed by atoms with Crippen LogP contribution >= 0.6 is 0 Å². The summed E-state index contributed by atoms with van der Waals surface area (Å²) >= 11 is 0. The van der Waals surface area contributed by atoms with Gasteiger partial charge in [-0.25, -0.2) is 0 Å². The SMILES string of the molecule is [2H]c1cc2c(c([2H])c1[2H])c1c([2H])c([Si](c3c([2H])c([2H])c([2H])c([2H])c3[2H])(c3c([2H])c([2H])c([2H])c([2H])c3[2H])c3c([2H])c([2H])c([2H])c(C)c3[2H])c([2H])c([2H])c1n2-c1cc2c3c(c1[2H])Oc1c([2H])c([2H])c([2H])c([2H])c1B3c1c([2H])c([2H])c([2H])c([2H])c1O2. The van der Waals surface area contributed by atoms with E-state index in [1.807, 2.05) is 0 Å². The molecule has 11 rings (SSSR count). The molecule has 0 bridgehead atoms. The molecule has 254 valence electrons. The van der Waals surface area contributed by atoms with Crippen molar-refractivity contribution in [3.63, 3.8) is 0 Å². The highest BCUT2D eigenvalue weighted by atomic mass is 28.3. The summed E-state index contributed by atoms with van der Waals surface area (Å²) in [6.07, 6.45) is 0. The van der Waals surface area contributed by atoms with Crippen molar-refractivity contribution in [2.75, 3.05) is 0 Å². The fourth-order valence-corrected chi connectivity index (χ4v) is 10.9. The second kappa shape index (κ2) is 12.0. The fraction of sp³-hybridized carbons (Fsp3) is 0.0204. The van der Waals surface area contributed by atoms with Crippen LogP contribution in [0.1, 0.15) is 45.3 Å². The van der Waals surface area contributed by atoms with Gasteiger partial charge < -0.3 is 14.0 Å². The van der Waals surface area contributed by atoms with E-state index in [-0.39, 0.29) is 22.1 Å². The molecule has 0 radical (unpaired) electrons. The van der Waals surface area contributed by atoms with Crippen LogP contribution in [0.3, 0.4) is 0 Å². The van der Waals surface area contributed by atoms with Crippen molar-refractivity contribution in [2.45, 2.75) is 6.92 Å². The van der Waals surface area contributed by atoms with Crippen LogP contribution in [0, 0.1) is 6.92 Å². The zero-order chi connectivity index (χ0) is 61.0. The van der Waals surface area contributed by atoms with Gasteiger partial charge in [0, 0.05) is 28.3 Å². The second-order valence-corrected chi connectivity index (χ2v) is 15.7. The van der Waals surface area contributed by atoms with E-state index in [9.17, 15) is 15.1 Å². The van der Waals surface area contributed by atoms with Gasteiger partial charge >= 0.3 is 0 Å². The first-order chi connectivity index (χ1) is 38.7. The maximum Gasteiger partial charge on any atom is 0.260 e.